The van der Waals surface area contributed by atoms with Crippen molar-refractivity contribution in [1.29, 1.82) is 0 Å². The number of aliphatic hydroxyl groups excluding tert-OH is 1. The molecule has 1 saturated carbocycles. The Morgan fingerprint density at radius 2 is 2.19 bits per heavy atom. The molecule has 1 N–H and O–H groups in total. The zero-order valence-electron chi connectivity index (χ0n) is 11.3. The fourth-order valence-corrected chi connectivity index (χ4v) is 3.13. The van der Waals surface area contributed by atoms with Crippen molar-refractivity contribution in [2.75, 3.05) is 24.7 Å². The standard InChI is InChI=1S/C13H16F3N3O2/c14-13(15,16)12-17-2-1-11(18-12)19-3-4-21-10-6-8(7-20)5-9(10)19/h1-2,8-10,20H,3-7H2/t8-,9+,10?/m1/s1. The van der Waals surface area contributed by atoms with Crippen LogP contribution < -0.4 is 4.90 Å². The van der Waals surface area contributed by atoms with E-state index >= 15 is 0 Å². The first kappa shape index (κ1) is 14.5. The van der Waals surface area contributed by atoms with E-state index in [9.17, 15) is 18.3 Å². The van der Waals surface area contributed by atoms with Crippen LogP contribution in [0.5, 0.6) is 0 Å². The number of hydrogen-bond donors (Lipinski definition) is 1. The molecule has 5 nitrogen and oxygen atoms in total. The third-order valence-electron chi connectivity index (χ3n) is 4.08. The largest absolute Gasteiger partial charge is 0.451 e. The first-order chi connectivity index (χ1) is 9.99. The molecular weight excluding hydrogens is 287 g/mol. The zero-order valence-corrected chi connectivity index (χ0v) is 11.3. The van der Waals surface area contributed by atoms with Gasteiger partial charge in [0.2, 0.25) is 5.82 Å². The number of ether oxygens (including phenoxy) is 1. The number of alkyl halides is 3. The minimum absolute atomic E-state index is 0.0353. The van der Waals surface area contributed by atoms with Crippen LogP contribution in [0, 0.1) is 5.92 Å². The van der Waals surface area contributed by atoms with Gasteiger partial charge in [0.25, 0.3) is 0 Å². The van der Waals surface area contributed by atoms with Gasteiger partial charge in [0.1, 0.15) is 5.82 Å². The first-order valence-corrected chi connectivity index (χ1v) is 6.88. The zero-order chi connectivity index (χ0) is 15.0. The Morgan fingerprint density at radius 1 is 1.38 bits per heavy atom. The fourth-order valence-electron chi connectivity index (χ4n) is 3.13. The summed E-state index contributed by atoms with van der Waals surface area (Å²) < 4.78 is 43.8. The highest BCUT2D eigenvalue weighted by molar-refractivity contribution is 5.41. The van der Waals surface area contributed by atoms with E-state index < -0.39 is 12.0 Å². The quantitative estimate of drug-likeness (QED) is 0.896. The molecular formula is C13H16F3N3O2. The molecule has 3 rings (SSSR count). The van der Waals surface area contributed by atoms with Crippen LogP contribution in [-0.4, -0.2) is 47.0 Å². The predicted octanol–water partition coefficient (Wildman–Crippen LogP) is 1.47. The monoisotopic (exact) mass is 303 g/mol. The number of aromatic nitrogens is 2. The molecule has 0 spiro atoms. The van der Waals surface area contributed by atoms with E-state index in [0.29, 0.717) is 19.6 Å². The van der Waals surface area contributed by atoms with E-state index in [-0.39, 0.29) is 30.5 Å². The molecule has 0 amide bonds. The number of aliphatic hydroxyl groups is 1. The topological polar surface area (TPSA) is 58.5 Å². The number of fused-ring (bicyclic) bond motifs is 1. The second kappa shape index (κ2) is 5.42. The van der Waals surface area contributed by atoms with Gasteiger partial charge < -0.3 is 14.7 Å². The summed E-state index contributed by atoms with van der Waals surface area (Å²) in [6.07, 6.45) is -2.04. The molecule has 116 valence electrons. The molecule has 0 bridgehead atoms. The highest BCUT2D eigenvalue weighted by Crippen LogP contribution is 2.36. The third-order valence-corrected chi connectivity index (χ3v) is 4.08. The lowest BCUT2D eigenvalue weighted by molar-refractivity contribution is -0.144. The Balaban J connectivity index is 1.86. The SMILES string of the molecule is OC[C@H]1CC2OCCN(c3ccnc(C(F)(F)F)n3)[C@H]2C1. The van der Waals surface area contributed by atoms with Gasteiger partial charge in [-0.3, -0.25) is 0 Å². The summed E-state index contributed by atoms with van der Waals surface area (Å²) >= 11 is 0. The highest BCUT2D eigenvalue weighted by atomic mass is 19.4. The van der Waals surface area contributed by atoms with Crippen molar-refractivity contribution < 1.29 is 23.0 Å². The lowest BCUT2D eigenvalue weighted by Gasteiger charge is -2.38. The highest BCUT2D eigenvalue weighted by Gasteiger charge is 2.42. The lowest BCUT2D eigenvalue weighted by atomic mass is 10.1. The molecule has 0 aromatic carbocycles. The van der Waals surface area contributed by atoms with Crippen molar-refractivity contribution in [3.63, 3.8) is 0 Å². The summed E-state index contributed by atoms with van der Waals surface area (Å²) in [7, 11) is 0. The van der Waals surface area contributed by atoms with Crippen LogP contribution in [-0.2, 0) is 10.9 Å². The predicted molar refractivity (Wildman–Crippen MR) is 67.7 cm³/mol. The normalized spacial score (nSPS) is 29.5. The molecule has 2 fully saturated rings. The number of hydrogen-bond acceptors (Lipinski definition) is 5. The molecule has 1 aliphatic carbocycles. The molecule has 0 radical (unpaired) electrons. The van der Waals surface area contributed by atoms with Gasteiger partial charge in [-0.05, 0) is 24.8 Å². The summed E-state index contributed by atoms with van der Waals surface area (Å²) in [5.74, 6) is -0.724. The maximum atomic E-state index is 12.7. The second-order valence-corrected chi connectivity index (χ2v) is 5.43. The molecule has 8 heteroatoms. The number of morpholine rings is 1. The van der Waals surface area contributed by atoms with Crippen LogP contribution in [0.2, 0.25) is 0 Å². The summed E-state index contributed by atoms with van der Waals surface area (Å²) in [6, 6.07) is 1.45. The van der Waals surface area contributed by atoms with Gasteiger partial charge in [-0.25, -0.2) is 9.97 Å². The Hall–Kier alpha value is -1.41. The average molecular weight is 303 g/mol. The minimum Gasteiger partial charge on any atom is -0.396 e. The molecule has 2 heterocycles. The Bertz CT molecular complexity index is 512. The van der Waals surface area contributed by atoms with Gasteiger partial charge in [0, 0.05) is 19.3 Å². The van der Waals surface area contributed by atoms with Crippen molar-refractivity contribution in [2.24, 2.45) is 5.92 Å². The van der Waals surface area contributed by atoms with Crippen molar-refractivity contribution in [1.82, 2.24) is 9.97 Å². The van der Waals surface area contributed by atoms with Crippen LogP contribution in [0.1, 0.15) is 18.7 Å². The first-order valence-electron chi connectivity index (χ1n) is 6.88. The smallest absolute Gasteiger partial charge is 0.396 e. The number of rotatable bonds is 2. The molecule has 1 aliphatic heterocycles. The Morgan fingerprint density at radius 3 is 2.90 bits per heavy atom. The maximum Gasteiger partial charge on any atom is 0.451 e. The fraction of sp³-hybridized carbons (Fsp3) is 0.692. The third kappa shape index (κ3) is 2.82. The molecule has 2 aliphatic rings. The minimum atomic E-state index is -4.55. The van der Waals surface area contributed by atoms with Crippen molar-refractivity contribution in [2.45, 2.75) is 31.2 Å². The summed E-state index contributed by atoms with van der Waals surface area (Å²) in [6.45, 7) is 1.01. The number of nitrogens with zero attached hydrogens (tertiary/aromatic N) is 3. The molecule has 1 saturated heterocycles. The molecule has 3 atom stereocenters. The van der Waals surface area contributed by atoms with E-state index in [2.05, 4.69) is 9.97 Å². The van der Waals surface area contributed by atoms with Crippen LogP contribution in [0.25, 0.3) is 0 Å². The Labute approximate surface area is 119 Å². The summed E-state index contributed by atoms with van der Waals surface area (Å²) in [4.78, 5) is 8.79. The summed E-state index contributed by atoms with van der Waals surface area (Å²) in [5, 5.41) is 9.27. The maximum absolute atomic E-state index is 12.7. The lowest BCUT2D eigenvalue weighted by Crippen LogP contribution is -2.49. The second-order valence-electron chi connectivity index (χ2n) is 5.43. The van der Waals surface area contributed by atoms with Crippen LogP contribution >= 0.6 is 0 Å². The Kier molecular flexibility index (Phi) is 3.75. The number of halogens is 3. The van der Waals surface area contributed by atoms with E-state index in [1.807, 2.05) is 4.90 Å². The van der Waals surface area contributed by atoms with Crippen LogP contribution in [0.15, 0.2) is 12.3 Å². The van der Waals surface area contributed by atoms with Gasteiger partial charge in [0.15, 0.2) is 0 Å². The van der Waals surface area contributed by atoms with Gasteiger partial charge >= 0.3 is 6.18 Å². The van der Waals surface area contributed by atoms with Gasteiger partial charge in [-0.15, -0.1) is 0 Å². The van der Waals surface area contributed by atoms with Crippen molar-refractivity contribution >= 4 is 5.82 Å². The summed E-state index contributed by atoms with van der Waals surface area (Å²) in [5.41, 5.74) is 0. The van der Waals surface area contributed by atoms with Crippen molar-refractivity contribution in [3.8, 4) is 0 Å². The van der Waals surface area contributed by atoms with E-state index in [4.69, 9.17) is 4.74 Å². The number of anilines is 1. The van der Waals surface area contributed by atoms with Crippen molar-refractivity contribution in [3.05, 3.63) is 18.1 Å². The molecule has 1 aromatic rings. The van der Waals surface area contributed by atoms with Crippen LogP contribution in [0.3, 0.4) is 0 Å². The van der Waals surface area contributed by atoms with Gasteiger partial charge in [-0.2, -0.15) is 13.2 Å². The van der Waals surface area contributed by atoms with E-state index in [1.54, 1.807) is 0 Å². The van der Waals surface area contributed by atoms with E-state index in [0.717, 1.165) is 12.6 Å². The van der Waals surface area contributed by atoms with Gasteiger partial charge in [0.05, 0.1) is 18.8 Å². The molecule has 1 aromatic heterocycles. The van der Waals surface area contributed by atoms with Crippen LogP contribution in [0.4, 0.5) is 19.0 Å². The molecule has 1 unspecified atom stereocenters. The average Bonchev–Trinajstić information content (AvgIpc) is 2.89. The van der Waals surface area contributed by atoms with E-state index in [1.165, 1.54) is 6.07 Å². The van der Waals surface area contributed by atoms with Gasteiger partial charge in [-0.1, -0.05) is 0 Å². The molecule has 21 heavy (non-hydrogen) atoms.